The molecule has 2 aromatic rings. The number of hydrogen-bond donors (Lipinski definition) is 2. The fourth-order valence-corrected chi connectivity index (χ4v) is 3.13. The average Bonchev–Trinajstić information content (AvgIpc) is 3.12. The Hall–Kier alpha value is -1.40. The first-order chi connectivity index (χ1) is 9.13. The molecule has 2 heterocycles. The van der Waals surface area contributed by atoms with Crippen molar-refractivity contribution in [2.75, 3.05) is 31.2 Å². The molecule has 19 heavy (non-hydrogen) atoms. The molecule has 102 valence electrons. The summed E-state index contributed by atoms with van der Waals surface area (Å²) in [5.41, 5.74) is 5.76. The zero-order chi connectivity index (χ0) is 13.4. The molecule has 1 saturated carbocycles. The summed E-state index contributed by atoms with van der Waals surface area (Å²) in [7, 11) is 2.18. The number of rotatable bonds is 5. The van der Waals surface area contributed by atoms with Crippen molar-refractivity contribution >= 4 is 33.3 Å². The van der Waals surface area contributed by atoms with Crippen molar-refractivity contribution in [1.29, 1.82) is 0 Å². The summed E-state index contributed by atoms with van der Waals surface area (Å²) in [6.45, 7) is 3.99. The monoisotopic (exact) mass is 277 g/mol. The maximum Gasteiger partial charge on any atom is 0.223 e. The number of nitrogens with one attached hydrogen (secondary N) is 1. The first kappa shape index (κ1) is 12.6. The SMILES string of the molecule is Cc1cc2c(NCCN(C)C3CC3)nc(N)nc2s1. The molecular formula is C13H19N5S. The highest BCUT2D eigenvalue weighted by Crippen LogP contribution is 2.29. The molecule has 0 spiro atoms. The van der Waals surface area contributed by atoms with Gasteiger partial charge in [0.05, 0.1) is 5.39 Å². The summed E-state index contributed by atoms with van der Waals surface area (Å²) >= 11 is 1.65. The van der Waals surface area contributed by atoms with Gasteiger partial charge >= 0.3 is 0 Å². The molecule has 6 heteroatoms. The minimum absolute atomic E-state index is 0.340. The van der Waals surface area contributed by atoms with E-state index in [9.17, 15) is 0 Å². The van der Waals surface area contributed by atoms with Crippen molar-refractivity contribution in [3.8, 4) is 0 Å². The number of thiophene rings is 1. The van der Waals surface area contributed by atoms with E-state index in [0.29, 0.717) is 5.95 Å². The van der Waals surface area contributed by atoms with Crippen molar-refractivity contribution in [3.63, 3.8) is 0 Å². The van der Waals surface area contributed by atoms with E-state index in [4.69, 9.17) is 5.73 Å². The Kier molecular flexibility index (Phi) is 3.28. The quantitative estimate of drug-likeness (QED) is 0.876. The number of anilines is 2. The molecule has 0 radical (unpaired) electrons. The molecule has 3 rings (SSSR count). The Morgan fingerprint density at radius 1 is 1.47 bits per heavy atom. The van der Waals surface area contributed by atoms with Gasteiger partial charge in [0.25, 0.3) is 0 Å². The van der Waals surface area contributed by atoms with E-state index < -0.39 is 0 Å². The number of hydrogen-bond acceptors (Lipinski definition) is 6. The van der Waals surface area contributed by atoms with Crippen LogP contribution in [0.3, 0.4) is 0 Å². The van der Waals surface area contributed by atoms with Crippen molar-refractivity contribution in [1.82, 2.24) is 14.9 Å². The molecule has 3 N–H and O–H groups in total. The second kappa shape index (κ2) is 4.94. The maximum absolute atomic E-state index is 5.76. The van der Waals surface area contributed by atoms with Gasteiger partial charge in [-0.2, -0.15) is 4.98 Å². The van der Waals surface area contributed by atoms with Crippen molar-refractivity contribution < 1.29 is 0 Å². The lowest BCUT2D eigenvalue weighted by Gasteiger charge is -2.16. The molecule has 0 atom stereocenters. The molecular weight excluding hydrogens is 258 g/mol. The number of likely N-dealkylation sites (N-methyl/N-ethyl adjacent to an activating group) is 1. The standard InChI is InChI=1S/C13H19N5S/c1-8-7-10-11(16-13(14)17-12(10)19-8)15-5-6-18(2)9-3-4-9/h7,9H,3-6H2,1-2H3,(H3,14,15,16,17). The Bertz CT molecular complexity index is 590. The van der Waals surface area contributed by atoms with Gasteiger partial charge in [0.1, 0.15) is 10.6 Å². The van der Waals surface area contributed by atoms with E-state index in [1.54, 1.807) is 11.3 Å². The first-order valence-electron chi connectivity index (χ1n) is 6.61. The smallest absolute Gasteiger partial charge is 0.223 e. The Labute approximate surface area is 116 Å². The number of aromatic nitrogens is 2. The van der Waals surface area contributed by atoms with Crippen molar-refractivity contribution in [2.45, 2.75) is 25.8 Å². The Morgan fingerprint density at radius 2 is 2.26 bits per heavy atom. The second-order valence-corrected chi connectivity index (χ2v) is 6.38. The van der Waals surface area contributed by atoms with Gasteiger partial charge in [-0.15, -0.1) is 11.3 Å². The van der Waals surface area contributed by atoms with Gasteiger partial charge in [-0.05, 0) is 32.9 Å². The summed E-state index contributed by atoms with van der Waals surface area (Å²) in [4.78, 5) is 13.2. The number of fused-ring (bicyclic) bond motifs is 1. The lowest BCUT2D eigenvalue weighted by molar-refractivity contribution is 0.337. The van der Waals surface area contributed by atoms with Crippen LogP contribution in [-0.2, 0) is 0 Å². The number of nitrogens with zero attached hydrogens (tertiary/aromatic N) is 3. The van der Waals surface area contributed by atoms with Crippen molar-refractivity contribution in [2.24, 2.45) is 0 Å². The minimum Gasteiger partial charge on any atom is -0.368 e. The Balaban J connectivity index is 1.72. The Morgan fingerprint density at radius 3 is 3.00 bits per heavy atom. The van der Waals surface area contributed by atoms with E-state index in [1.807, 2.05) is 0 Å². The minimum atomic E-state index is 0.340. The number of aryl methyl sites for hydroxylation is 1. The van der Waals surface area contributed by atoms with Gasteiger partial charge in [-0.3, -0.25) is 0 Å². The van der Waals surface area contributed by atoms with Crippen LogP contribution in [0.25, 0.3) is 10.2 Å². The van der Waals surface area contributed by atoms with Gasteiger partial charge in [-0.1, -0.05) is 0 Å². The molecule has 0 amide bonds. The van der Waals surface area contributed by atoms with Crippen LogP contribution in [0.4, 0.5) is 11.8 Å². The predicted molar refractivity (Wildman–Crippen MR) is 80.7 cm³/mol. The predicted octanol–water partition coefficient (Wildman–Crippen LogP) is 2.09. The normalized spacial score (nSPS) is 15.3. The topological polar surface area (TPSA) is 67.1 Å². The summed E-state index contributed by atoms with van der Waals surface area (Å²) in [5.74, 6) is 1.20. The molecule has 0 bridgehead atoms. The van der Waals surface area contributed by atoms with E-state index in [2.05, 4.69) is 40.2 Å². The highest BCUT2D eigenvalue weighted by Gasteiger charge is 2.25. The third-order valence-corrected chi connectivity index (χ3v) is 4.40. The van der Waals surface area contributed by atoms with Crippen LogP contribution >= 0.6 is 11.3 Å². The van der Waals surface area contributed by atoms with Crippen molar-refractivity contribution in [3.05, 3.63) is 10.9 Å². The van der Waals surface area contributed by atoms with Crippen LogP contribution in [0.2, 0.25) is 0 Å². The highest BCUT2D eigenvalue weighted by atomic mass is 32.1. The lowest BCUT2D eigenvalue weighted by atomic mass is 10.3. The zero-order valence-corrected chi connectivity index (χ0v) is 12.1. The van der Waals surface area contributed by atoms with Crippen LogP contribution in [0.5, 0.6) is 0 Å². The van der Waals surface area contributed by atoms with Crippen LogP contribution < -0.4 is 11.1 Å². The van der Waals surface area contributed by atoms with Crippen LogP contribution in [0.15, 0.2) is 6.07 Å². The van der Waals surface area contributed by atoms with Gasteiger partial charge in [0.15, 0.2) is 0 Å². The molecule has 1 aliphatic rings. The largest absolute Gasteiger partial charge is 0.368 e. The van der Waals surface area contributed by atoms with Crippen LogP contribution in [0, 0.1) is 6.92 Å². The van der Waals surface area contributed by atoms with Crippen LogP contribution in [0.1, 0.15) is 17.7 Å². The van der Waals surface area contributed by atoms with E-state index in [1.165, 1.54) is 17.7 Å². The van der Waals surface area contributed by atoms with Gasteiger partial charge in [0, 0.05) is 24.0 Å². The highest BCUT2D eigenvalue weighted by molar-refractivity contribution is 7.18. The maximum atomic E-state index is 5.76. The molecule has 1 fully saturated rings. The third-order valence-electron chi connectivity index (χ3n) is 3.46. The zero-order valence-electron chi connectivity index (χ0n) is 11.3. The summed E-state index contributed by atoms with van der Waals surface area (Å²) in [6, 6.07) is 2.91. The van der Waals surface area contributed by atoms with E-state index in [0.717, 1.165) is 35.2 Å². The average molecular weight is 277 g/mol. The molecule has 0 unspecified atom stereocenters. The molecule has 5 nitrogen and oxygen atoms in total. The van der Waals surface area contributed by atoms with Crippen LogP contribution in [-0.4, -0.2) is 41.0 Å². The summed E-state index contributed by atoms with van der Waals surface area (Å²) in [5, 5.41) is 4.46. The fourth-order valence-electron chi connectivity index (χ4n) is 2.24. The second-order valence-electron chi connectivity index (χ2n) is 5.14. The fraction of sp³-hybridized carbons (Fsp3) is 0.538. The van der Waals surface area contributed by atoms with Gasteiger partial charge < -0.3 is 16.0 Å². The summed E-state index contributed by atoms with van der Waals surface area (Å²) in [6.07, 6.45) is 2.68. The summed E-state index contributed by atoms with van der Waals surface area (Å²) < 4.78 is 0. The molecule has 0 aromatic carbocycles. The van der Waals surface area contributed by atoms with E-state index in [-0.39, 0.29) is 0 Å². The molecule has 0 aliphatic heterocycles. The van der Waals surface area contributed by atoms with E-state index >= 15 is 0 Å². The molecule has 1 aliphatic carbocycles. The third kappa shape index (κ3) is 2.79. The molecule has 0 saturated heterocycles. The first-order valence-corrected chi connectivity index (χ1v) is 7.43. The van der Waals surface area contributed by atoms with Gasteiger partial charge in [-0.25, -0.2) is 4.98 Å². The molecule has 2 aromatic heterocycles. The van der Waals surface area contributed by atoms with Gasteiger partial charge in [0.2, 0.25) is 5.95 Å². The lowest BCUT2D eigenvalue weighted by Crippen LogP contribution is -2.27. The number of nitrogen functional groups attached to an aromatic ring is 1. The number of nitrogens with two attached hydrogens (primary N) is 1.